The SMILES string of the molecule is COc1cccn(CC(=O)NC2CCCC2)c1=O. The monoisotopic (exact) mass is 250 g/mol. The first-order valence-electron chi connectivity index (χ1n) is 6.23. The Balaban J connectivity index is 2.00. The molecule has 1 fully saturated rings. The molecule has 18 heavy (non-hydrogen) atoms. The van der Waals surface area contributed by atoms with Crippen LogP contribution in [0.15, 0.2) is 23.1 Å². The van der Waals surface area contributed by atoms with Crippen molar-refractivity contribution < 1.29 is 9.53 Å². The van der Waals surface area contributed by atoms with Gasteiger partial charge in [-0.05, 0) is 25.0 Å². The highest BCUT2D eigenvalue weighted by atomic mass is 16.5. The quantitative estimate of drug-likeness (QED) is 0.864. The average molecular weight is 250 g/mol. The van der Waals surface area contributed by atoms with Crippen molar-refractivity contribution in [3.05, 3.63) is 28.7 Å². The van der Waals surface area contributed by atoms with Gasteiger partial charge < -0.3 is 14.6 Å². The lowest BCUT2D eigenvalue weighted by atomic mass is 10.2. The number of aromatic nitrogens is 1. The van der Waals surface area contributed by atoms with Crippen LogP contribution in [0, 0.1) is 0 Å². The first-order chi connectivity index (χ1) is 8.70. The molecule has 0 unspecified atom stereocenters. The number of pyridine rings is 1. The van der Waals surface area contributed by atoms with Gasteiger partial charge in [-0.25, -0.2) is 0 Å². The Morgan fingerprint density at radius 2 is 2.22 bits per heavy atom. The van der Waals surface area contributed by atoms with Gasteiger partial charge in [0, 0.05) is 12.2 Å². The van der Waals surface area contributed by atoms with E-state index in [1.54, 1.807) is 18.3 Å². The third kappa shape index (κ3) is 2.91. The molecule has 1 saturated carbocycles. The summed E-state index contributed by atoms with van der Waals surface area (Å²) in [6.07, 6.45) is 6.02. The molecule has 0 saturated heterocycles. The summed E-state index contributed by atoms with van der Waals surface area (Å²) < 4.78 is 6.30. The molecule has 2 rings (SSSR count). The Labute approximate surface area is 106 Å². The number of amides is 1. The zero-order valence-electron chi connectivity index (χ0n) is 10.5. The predicted molar refractivity (Wildman–Crippen MR) is 67.7 cm³/mol. The molecule has 0 atom stereocenters. The lowest BCUT2D eigenvalue weighted by molar-refractivity contribution is -0.122. The lowest BCUT2D eigenvalue weighted by Gasteiger charge is -2.13. The molecule has 1 aliphatic rings. The zero-order chi connectivity index (χ0) is 13.0. The smallest absolute Gasteiger partial charge is 0.293 e. The first kappa shape index (κ1) is 12.7. The fraction of sp³-hybridized carbons (Fsp3) is 0.538. The van der Waals surface area contributed by atoms with Crippen LogP contribution in [0.3, 0.4) is 0 Å². The van der Waals surface area contributed by atoms with Crippen molar-refractivity contribution in [3.8, 4) is 5.75 Å². The Kier molecular flexibility index (Phi) is 4.02. The molecule has 98 valence electrons. The first-order valence-corrected chi connectivity index (χ1v) is 6.23. The van der Waals surface area contributed by atoms with E-state index < -0.39 is 0 Å². The number of ether oxygens (including phenoxy) is 1. The molecule has 0 aromatic carbocycles. The van der Waals surface area contributed by atoms with E-state index in [0.717, 1.165) is 12.8 Å². The van der Waals surface area contributed by atoms with Gasteiger partial charge in [0.25, 0.3) is 5.56 Å². The highest BCUT2D eigenvalue weighted by molar-refractivity contribution is 5.76. The molecule has 0 aliphatic heterocycles. The molecule has 0 spiro atoms. The molecule has 0 bridgehead atoms. The normalized spacial score (nSPS) is 15.6. The number of hydrogen-bond donors (Lipinski definition) is 1. The number of carbonyl (C=O) groups is 1. The summed E-state index contributed by atoms with van der Waals surface area (Å²) in [5, 5.41) is 2.95. The second kappa shape index (κ2) is 5.71. The van der Waals surface area contributed by atoms with Crippen LogP contribution in [0.2, 0.25) is 0 Å². The lowest BCUT2D eigenvalue weighted by Crippen LogP contribution is -2.37. The van der Waals surface area contributed by atoms with Crippen molar-refractivity contribution in [3.63, 3.8) is 0 Å². The van der Waals surface area contributed by atoms with Gasteiger partial charge in [-0.3, -0.25) is 9.59 Å². The molecular weight excluding hydrogens is 232 g/mol. The minimum Gasteiger partial charge on any atom is -0.491 e. The van der Waals surface area contributed by atoms with Gasteiger partial charge in [-0.1, -0.05) is 12.8 Å². The molecule has 1 aromatic heterocycles. The van der Waals surface area contributed by atoms with Crippen LogP contribution in [-0.4, -0.2) is 23.6 Å². The predicted octanol–water partition coefficient (Wildman–Crippen LogP) is 0.916. The summed E-state index contributed by atoms with van der Waals surface area (Å²) in [5.41, 5.74) is -0.276. The Bertz CT molecular complexity index is 475. The second-order valence-corrected chi connectivity index (χ2v) is 4.56. The average Bonchev–Trinajstić information content (AvgIpc) is 2.84. The maximum atomic E-state index is 11.8. The van der Waals surface area contributed by atoms with Gasteiger partial charge in [-0.15, -0.1) is 0 Å². The number of rotatable bonds is 4. The van der Waals surface area contributed by atoms with Crippen molar-refractivity contribution in [2.45, 2.75) is 38.3 Å². The highest BCUT2D eigenvalue weighted by Crippen LogP contribution is 2.17. The third-order valence-electron chi connectivity index (χ3n) is 3.24. The van der Waals surface area contributed by atoms with E-state index in [2.05, 4.69) is 5.32 Å². The van der Waals surface area contributed by atoms with Gasteiger partial charge in [-0.2, -0.15) is 0 Å². The van der Waals surface area contributed by atoms with Crippen molar-refractivity contribution in [1.29, 1.82) is 0 Å². The van der Waals surface area contributed by atoms with E-state index in [1.165, 1.54) is 24.5 Å². The molecule has 5 nitrogen and oxygen atoms in total. The second-order valence-electron chi connectivity index (χ2n) is 4.56. The third-order valence-corrected chi connectivity index (χ3v) is 3.24. The molecule has 0 radical (unpaired) electrons. The molecule has 1 N–H and O–H groups in total. The van der Waals surface area contributed by atoms with E-state index in [1.807, 2.05) is 0 Å². The van der Waals surface area contributed by atoms with Gasteiger partial charge >= 0.3 is 0 Å². The maximum Gasteiger partial charge on any atom is 0.293 e. The molecule has 1 heterocycles. The highest BCUT2D eigenvalue weighted by Gasteiger charge is 2.17. The van der Waals surface area contributed by atoms with E-state index in [4.69, 9.17) is 4.74 Å². The maximum absolute atomic E-state index is 11.8. The number of nitrogens with zero attached hydrogens (tertiary/aromatic N) is 1. The zero-order valence-corrected chi connectivity index (χ0v) is 10.5. The molecule has 1 amide bonds. The van der Waals surface area contributed by atoms with E-state index in [-0.39, 0.29) is 29.8 Å². The molecular formula is C13H18N2O3. The summed E-state index contributed by atoms with van der Waals surface area (Å²) in [7, 11) is 1.44. The fourth-order valence-electron chi connectivity index (χ4n) is 2.29. The van der Waals surface area contributed by atoms with E-state index >= 15 is 0 Å². The number of carbonyl (C=O) groups excluding carboxylic acids is 1. The molecule has 1 aromatic rings. The largest absolute Gasteiger partial charge is 0.491 e. The van der Waals surface area contributed by atoms with Gasteiger partial charge in [0.05, 0.1) is 7.11 Å². The van der Waals surface area contributed by atoms with Crippen molar-refractivity contribution in [2.75, 3.05) is 7.11 Å². The van der Waals surface area contributed by atoms with Crippen LogP contribution in [-0.2, 0) is 11.3 Å². The topological polar surface area (TPSA) is 60.3 Å². The summed E-state index contributed by atoms with van der Waals surface area (Å²) in [6.45, 7) is 0.0481. The fourth-order valence-corrected chi connectivity index (χ4v) is 2.29. The van der Waals surface area contributed by atoms with Crippen LogP contribution in [0.5, 0.6) is 5.75 Å². The Morgan fingerprint density at radius 3 is 2.89 bits per heavy atom. The van der Waals surface area contributed by atoms with Crippen molar-refractivity contribution in [1.82, 2.24) is 9.88 Å². The van der Waals surface area contributed by atoms with Gasteiger partial charge in [0.2, 0.25) is 5.91 Å². The van der Waals surface area contributed by atoms with E-state index in [9.17, 15) is 9.59 Å². The molecule has 1 aliphatic carbocycles. The van der Waals surface area contributed by atoms with Crippen molar-refractivity contribution >= 4 is 5.91 Å². The number of nitrogens with one attached hydrogen (secondary N) is 1. The minimum atomic E-state index is -0.276. The Morgan fingerprint density at radius 1 is 1.50 bits per heavy atom. The van der Waals surface area contributed by atoms with Gasteiger partial charge in [0.15, 0.2) is 5.75 Å². The summed E-state index contributed by atoms with van der Waals surface area (Å²) in [5.74, 6) is 0.142. The summed E-state index contributed by atoms with van der Waals surface area (Å²) >= 11 is 0. The van der Waals surface area contributed by atoms with Crippen LogP contribution < -0.4 is 15.6 Å². The minimum absolute atomic E-state index is 0.0481. The van der Waals surface area contributed by atoms with Gasteiger partial charge in [0.1, 0.15) is 6.54 Å². The summed E-state index contributed by atoms with van der Waals surface area (Å²) in [4.78, 5) is 23.6. The number of methoxy groups -OCH3 is 1. The van der Waals surface area contributed by atoms with Crippen molar-refractivity contribution in [2.24, 2.45) is 0 Å². The van der Waals surface area contributed by atoms with Crippen LogP contribution >= 0.6 is 0 Å². The Hall–Kier alpha value is -1.78. The summed E-state index contributed by atoms with van der Waals surface area (Å²) in [6, 6.07) is 3.57. The van der Waals surface area contributed by atoms with Crippen LogP contribution in [0.1, 0.15) is 25.7 Å². The van der Waals surface area contributed by atoms with E-state index in [0.29, 0.717) is 0 Å². The molecule has 5 heteroatoms. The van der Waals surface area contributed by atoms with Crippen LogP contribution in [0.25, 0.3) is 0 Å². The number of hydrogen-bond acceptors (Lipinski definition) is 3. The standard InChI is InChI=1S/C13H18N2O3/c1-18-11-7-4-8-15(13(11)17)9-12(16)14-10-5-2-3-6-10/h4,7-8,10H,2-3,5-6,9H2,1H3,(H,14,16). The van der Waals surface area contributed by atoms with Crippen LogP contribution in [0.4, 0.5) is 0 Å².